The summed E-state index contributed by atoms with van der Waals surface area (Å²) >= 11 is 0. The average molecular weight is 282 g/mol. The molecule has 1 heterocycles. The molecule has 1 aromatic heterocycles. The summed E-state index contributed by atoms with van der Waals surface area (Å²) in [5.41, 5.74) is 0.410. The number of hydrogen-bond donors (Lipinski definition) is 2. The van der Waals surface area contributed by atoms with Gasteiger partial charge >= 0.3 is 5.97 Å². The van der Waals surface area contributed by atoms with Gasteiger partial charge < -0.3 is 14.5 Å². The molecule has 0 bridgehead atoms. The second-order valence-corrected chi connectivity index (χ2v) is 4.57. The molecule has 6 nitrogen and oxygen atoms in total. The minimum atomic E-state index is -0.425. The Morgan fingerprint density at radius 3 is 2.75 bits per heavy atom. The van der Waals surface area contributed by atoms with E-state index in [0.717, 1.165) is 6.42 Å². The van der Waals surface area contributed by atoms with Gasteiger partial charge in [-0.25, -0.2) is 4.79 Å². The molecular formula is C14H22N2O4. The molecule has 1 aromatic rings. The van der Waals surface area contributed by atoms with E-state index >= 15 is 0 Å². The zero-order chi connectivity index (χ0) is 15.1. The number of furan rings is 1. The first kappa shape index (κ1) is 16.2. The molecule has 0 fully saturated rings. The molecule has 0 aliphatic rings. The minimum absolute atomic E-state index is 0.0525. The van der Waals surface area contributed by atoms with Gasteiger partial charge in [0.05, 0.1) is 19.7 Å². The van der Waals surface area contributed by atoms with Crippen LogP contribution in [0.3, 0.4) is 0 Å². The van der Waals surface area contributed by atoms with Gasteiger partial charge in [-0.15, -0.1) is 0 Å². The summed E-state index contributed by atoms with van der Waals surface area (Å²) in [4.78, 5) is 23.1. The van der Waals surface area contributed by atoms with Gasteiger partial charge in [-0.3, -0.25) is 10.1 Å². The number of methoxy groups -OCH3 is 1. The SMILES string of the molecule is CCCNC(=O)C(C)NCc1cc(C(=O)OC)c(C)o1. The third kappa shape index (κ3) is 4.38. The van der Waals surface area contributed by atoms with Crippen LogP contribution in [0.1, 0.15) is 42.1 Å². The lowest BCUT2D eigenvalue weighted by molar-refractivity contribution is -0.122. The summed E-state index contributed by atoms with van der Waals surface area (Å²) in [5, 5.41) is 5.85. The van der Waals surface area contributed by atoms with Crippen LogP contribution in [0.2, 0.25) is 0 Å². The summed E-state index contributed by atoms with van der Waals surface area (Å²) in [5.74, 6) is 0.629. The number of carbonyl (C=O) groups excluding carboxylic acids is 2. The highest BCUT2D eigenvalue weighted by molar-refractivity contribution is 5.90. The molecule has 1 unspecified atom stereocenters. The zero-order valence-electron chi connectivity index (χ0n) is 12.4. The first-order valence-corrected chi connectivity index (χ1v) is 6.68. The molecule has 0 saturated heterocycles. The maximum atomic E-state index is 11.7. The zero-order valence-corrected chi connectivity index (χ0v) is 12.4. The van der Waals surface area contributed by atoms with E-state index in [9.17, 15) is 9.59 Å². The Kier molecular flexibility index (Phi) is 6.24. The fourth-order valence-electron chi connectivity index (χ4n) is 1.69. The second kappa shape index (κ2) is 7.69. The van der Waals surface area contributed by atoms with Crippen LogP contribution in [0, 0.1) is 6.92 Å². The summed E-state index contributed by atoms with van der Waals surface area (Å²) in [6, 6.07) is 1.30. The number of amides is 1. The normalized spacial score (nSPS) is 12.0. The van der Waals surface area contributed by atoms with Gasteiger partial charge in [0.2, 0.25) is 5.91 Å². The highest BCUT2D eigenvalue weighted by Gasteiger charge is 2.17. The minimum Gasteiger partial charge on any atom is -0.465 e. The van der Waals surface area contributed by atoms with Crippen molar-refractivity contribution in [3.8, 4) is 0 Å². The number of nitrogens with one attached hydrogen (secondary N) is 2. The molecule has 0 radical (unpaired) electrons. The predicted octanol–water partition coefficient (Wildman–Crippen LogP) is 1.38. The van der Waals surface area contributed by atoms with Crippen LogP contribution in [0.5, 0.6) is 0 Å². The lowest BCUT2D eigenvalue weighted by atomic mass is 10.2. The van der Waals surface area contributed by atoms with Crippen LogP contribution in [-0.4, -0.2) is 31.6 Å². The van der Waals surface area contributed by atoms with Crippen LogP contribution < -0.4 is 10.6 Å². The maximum Gasteiger partial charge on any atom is 0.341 e. The van der Waals surface area contributed by atoms with Gasteiger partial charge in [0.25, 0.3) is 0 Å². The van der Waals surface area contributed by atoms with E-state index in [1.165, 1.54) is 7.11 Å². The van der Waals surface area contributed by atoms with Gasteiger partial charge in [0.1, 0.15) is 17.1 Å². The number of rotatable bonds is 7. The Hall–Kier alpha value is -1.82. The topological polar surface area (TPSA) is 80.6 Å². The van der Waals surface area contributed by atoms with Crippen LogP contribution in [0.15, 0.2) is 10.5 Å². The van der Waals surface area contributed by atoms with Crippen molar-refractivity contribution in [2.75, 3.05) is 13.7 Å². The Morgan fingerprint density at radius 2 is 2.15 bits per heavy atom. The van der Waals surface area contributed by atoms with Crippen molar-refractivity contribution in [1.82, 2.24) is 10.6 Å². The molecular weight excluding hydrogens is 260 g/mol. The first-order valence-electron chi connectivity index (χ1n) is 6.68. The Bertz CT molecular complexity index is 468. The van der Waals surface area contributed by atoms with E-state index in [2.05, 4.69) is 15.4 Å². The smallest absolute Gasteiger partial charge is 0.341 e. The summed E-state index contributed by atoms with van der Waals surface area (Å²) in [6.07, 6.45) is 0.901. The van der Waals surface area contributed by atoms with Crippen LogP contribution in [-0.2, 0) is 16.1 Å². The number of aryl methyl sites for hydroxylation is 1. The predicted molar refractivity (Wildman–Crippen MR) is 74.4 cm³/mol. The second-order valence-electron chi connectivity index (χ2n) is 4.57. The molecule has 0 saturated carbocycles. The number of carbonyl (C=O) groups is 2. The third-order valence-electron chi connectivity index (χ3n) is 2.90. The summed E-state index contributed by atoms with van der Waals surface area (Å²) < 4.78 is 10.1. The molecule has 0 aromatic carbocycles. The summed E-state index contributed by atoms with van der Waals surface area (Å²) in [6.45, 7) is 6.52. The standard InChI is InChI=1S/C14H22N2O4/c1-5-6-15-13(17)9(2)16-8-11-7-12(10(3)20-11)14(18)19-4/h7,9,16H,5-6,8H2,1-4H3,(H,15,17). The van der Waals surface area contributed by atoms with Gasteiger partial charge in [-0.2, -0.15) is 0 Å². The van der Waals surface area contributed by atoms with Gasteiger partial charge in [0.15, 0.2) is 0 Å². The van der Waals surface area contributed by atoms with E-state index in [1.54, 1.807) is 19.9 Å². The van der Waals surface area contributed by atoms with Crippen molar-refractivity contribution in [1.29, 1.82) is 0 Å². The largest absolute Gasteiger partial charge is 0.465 e. The fourth-order valence-corrected chi connectivity index (χ4v) is 1.69. The Balaban J connectivity index is 2.53. The number of ether oxygens (including phenoxy) is 1. The molecule has 6 heteroatoms. The fraction of sp³-hybridized carbons (Fsp3) is 0.571. The van der Waals surface area contributed by atoms with Crippen LogP contribution >= 0.6 is 0 Å². The molecule has 1 amide bonds. The van der Waals surface area contributed by atoms with Crippen molar-refractivity contribution >= 4 is 11.9 Å². The van der Waals surface area contributed by atoms with Crippen molar-refractivity contribution < 1.29 is 18.7 Å². The van der Waals surface area contributed by atoms with Crippen molar-refractivity contribution in [3.05, 3.63) is 23.2 Å². The molecule has 1 rings (SSSR count). The Labute approximate surface area is 118 Å². The summed E-state index contributed by atoms with van der Waals surface area (Å²) in [7, 11) is 1.33. The van der Waals surface area contributed by atoms with Gasteiger partial charge in [0, 0.05) is 6.54 Å². The monoisotopic (exact) mass is 282 g/mol. The van der Waals surface area contributed by atoms with E-state index in [-0.39, 0.29) is 11.9 Å². The maximum absolute atomic E-state index is 11.7. The van der Waals surface area contributed by atoms with Crippen LogP contribution in [0.4, 0.5) is 0 Å². The lowest BCUT2D eigenvalue weighted by Gasteiger charge is -2.12. The Morgan fingerprint density at radius 1 is 1.45 bits per heavy atom. The quantitative estimate of drug-likeness (QED) is 0.738. The van der Waals surface area contributed by atoms with Crippen LogP contribution in [0.25, 0.3) is 0 Å². The van der Waals surface area contributed by atoms with Gasteiger partial charge in [-0.05, 0) is 26.3 Å². The van der Waals surface area contributed by atoms with E-state index in [4.69, 9.17) is 4.42 Å². The molecule has 112 valence electrons. The molecule has 2 N–H and O–H groups in total. The van der Waals surface area contributed by atoms with Gasteiger partial charge in [-0.1, -0.05) is 6.92 Å². The third-order valence-corrected chi connectivity index (χ3v) is 2.90. The van der Waals surface area contributed by atoms with Crippen molar-refractivity contribution in [3.63, 3.8) is 0 Å². The van der Waals surface area contributed by atoms with E-state index in [0.29, 0.717) is 30.2 Å². The van der Waals surface area contributed by atoms with Crippen molar-refractivity contribution in [2.45, 2.75) is 39.8 Å². The number of hydrogen-bond acceptors (Lipinski definition) is 5. The molecule has 1 atom stereocenters. The molecule has 20 heavy (non-hydrogen) atoms. The highest BCUT2D eigenvalue weighted by atomic mass is 16.5. The number of esters is 1. The molecule has 0 spiro atoms. The first-order chi connectivity index (χ1) is 9.49. The molecule has 0 aliphatic carbocycles. The van der Waals surface area contributed by atoms with E-state index in [1.807, 2.05) is 6.92 Å². The highest BCUT2D eigenvalue weighted by Crippen LogP contribution is 2.15. The van der Waals surface area contributed by atoms with E-state index < -0.39 is 5.97 Å². The van der Waals surface area contributed by atoms with Crippen molar-refractivity contribution in [2.24, 2.45) is 0 Å². The lowest BCUT2D eigenvalue weighted by Crippen LogP contribution is -2.42. The average Bonchev–Trinajstić information content (AvgIpc) is 2.82. The molecule has 0 aliphatic heterocycles.